The van der Waals surface area contributed by atoms with Crippen molar-refractivity contribution in [3.63, 3.8) is 0 Å². The molecule has 4 aliphatic rings. The van der Waals surface area contributed by atoms with Gasteiger partial charge >= 0.3 is 12.0 Å². The monoisotopic (exact) mass is 790 g/mol. The van der Waals surface area contributed by atoms with E-state index in [1.54, 1.807) is 7.11 Å². The van der Waals surface area contributed by atoms with Crippen LogP contribution in [0.15, 0.2) is 60.7 Å². The molecule has 2 aromatic carbocycles. The number of ether oxygens (including phenoxy) is 3. The number of nitrogens with two attached hydrogens (primary N) is 2. The van der Waals surface area contributed by atoms with Gasteiger partial charge in [-0.25, -0.2) is 0 Å². The number of fused-ring (bicyclic) bond motifs is 2. The summed E-state index contributed by atoms with van der Waals surface area (Å²) in [6.45, 7) is 12.4. The number of hydrogen-bond donors (Lipinski definition) is 3. The van der Waals surface area contributed by atoms with Gasteiger partial charge in [0.25, 0.3) is 0 Å². The summed E-state index contributed by atoms with van der Waals surface area (Å²) < 4.78 is 16.2. The number of rotatable bonds is 15. The zero-order valence-electron chi connectivity index (χ0n) is 34.7. The summed E-state index contributed by atoms with van der Waals surface area (Å²) in [5.41, 5.74) is 19.7. The van der Waals surface area contributed by atoms with Gasteiger partial charge in [-0.3, -0.25) is 9.80 Å². The molecule has 0 bridgehead atoms. The third-order valence-corrected chi connectivity index (χ3v) is 10.9. The zero-order valence-corrected chi connectivity index (χ0v) is 34.7. The minimum Gasteiger partial charge on any atom is -0.497 e. The Labute approximate surface area is 344 Å². The van der Waals surface area contributed by atoms with E-state index >= 15 is 0 Å². The molecule has 5 N–H and O–H groups in total. The predicted octanol–water partition coefficient (Wildman–Crippen LogP) is 7.60. The van der Waals surface area contributed by atoms with E-state index in [-0.39, 0.29) is 6.01 Å². The van der Waals surface area contributed by atoms with Crippen LogP contribution in [0.2, 0.25) is 0 Å². The fourth-order valence-electron chi connectivity index (χ4n) is 7.46. The highest BCUT2D eigenvalue weighted by molar-refractivity contribution is 5.77. The van der Waals surface area contributed by atoms with E-state index in [0.29, 0.717) is 43.0 Å². The molecule has 2 aliphatic carbocycles. The molecule has 2 fully saturated rings. The lowest BCUT2D eigenvalue weighted by molar-refractivity contribution is 0.237. The van der Waals surface area contributed by atoms with Crippen LogP contribution in [0.5, 0.6) is 17.8 Å². The molecule has 1 unspecified atom stereocenters. The van der Waals surface area contributed by atoms with Crippen molar-refractivity contribution in [1.82, 2.24) is 29.7 Å². The molecule has 12 nitrogen and oxygen atoms in total. The van der Waals surface area contributed by atoms with Gasteiger partial charge in [0.1, 0.15) is 23.5 Å². The molecule has 0 amide bonds. The summed E-state index contributed by atoms with van der Waals surface area (Å²) in [5.74, 6) is 1.91. The van der Waals surface area contributed by atoms with Gasteiger partial charge in [-0.1, -0.05) is 75.2 Å². The number of anilines is 2. The van der Waals surface area contributed by atoms with Crippen molar-refractivity contribution in [1.29, 1.82) is 0 Å². The zero-order chi connectivity index (χ0) is 40.7. The number of benzene rings is 2. The topological polar surface area (TPSA) is 158 Å². The fourth-order valence-corrected chi connectivity index (χ4v) is 7.46. The van der Waals surface area contributed by atoms with E-state index in [1.165, 1.54) is 63.0 Å². The highest BCUT2D eigenvalue weighted by Crippen LogP contribution is 2.38. The molecular formula is C46H62N8O4. The second-order valence-electron chi connectivity index (χ2n) is 15.3. The average molecular weight is 791 g/mol. The standard InChI is InChI=1S/C23H30N4O2.C12H17NO.C11H15N3O/c1-2-3-14-29-23-25-20-18(10-11-19(20)22(24)26-23)21(28)17-8-6-16(7-9-17)15-27-12-4-5-13-27;1-14-12-6-4-11(5-7-12)10-13-8-2-3-9-13;1-2-3-7-15-11-13-9-6-4-5-8(9)10(12)14-11/h6-10,21,28H,2-5,11-15H2,1H3,(H2,24,25,26);4-7H,2-3,8-10H2,1H3;4,6H,2-3,5,7H2,1H3,(H2,12,13,14). The molecule has 4 heterocycles. The van der Waals surface area contributed by atoms with E-state index < -0.39 is 6.10 Å². The van der Waals surface area contributed by atoms with Gasteiger partial charge in [-0.05, 0) is 112 Å². The Morgan fingerprint density at radius 1 is 0.690 bits per heavy atom. The Morgan fingerprint density at radius 2 is 1.22 bits per heavy atom. The van der Waals surface area contributed by atoms with Crippen LogP contribution in [0.3, 0.4) is 0 Å². The Kier molecular flexibility index (Phi) is 15.9. The first kappa shape index (κ1) is 42.6. The highest BCUT2D eigenvalue weighted by Gasteiger charge is 2.27. The first-order valence-corrected chi connectivity index (χ1v) is 21.1. The molecule has 2 aromatic heterocycles. The van der Waals surface area contributed by atoms with Crippen molar-refractivity contribution in [3.05, 3.63) is 99.9 Å². The summed E-state index contributed by atoms with van der Waals surface area (Å²) >= 11 is 0. The van der Waals surface area contributed by atoms with Gasteiger partial charge in [0, 0.05) is 29.8 Å². The van der Waals surface area contributed by atoms with Crippen molar-refractivity contribution >= 4 is 23.3 Å². The molecule has 58 heavy (non-hydrogen) atoms. The molecule has 2 aliphatic heterocycles. The van der Waals surface area contributed by atoms with Crippen LogP contribution in [0.4, 0.5) is 11.6 Å². The van der Waals surface area contributed by atoms with Crippen LogP contribution in [0, 0.1) is 0 Å². The van der Waals surface area contributed by atoms with Crippen LogP contribution < -0.4 is 25.7 Å². The fraction of sp³-hybridized carbons (Fsp3) is 0.478. The quantitative estimate of drug-likeness (QED) is 0.101. The maximum atomic E-state index is 11.0. The number of nitrogen functional groups attached to an aromatic ring is 2. The lowest BCUT2D eigenvalue weighted by Gasteiger charge is -2.17. The molecular weight excluding hydrogens is 729 g/mol. The predicted molar refractivity (Wildman–Crippen MR) is 232 cm³/mol. The van der Waals surface area contributed by atoms with Crippen molar-refractivity contribution in [2.24, 2.45) is 0 Å². The number of nitrogens with zero attached hydrogens (tertiary/aromatic N) is 6. The first-order chi connectivity index (χ1) is 28.3. The Bertz CT molecular complexity index is 1960. The Morgan fingerprint density at radius 3 is 1.78 bits per heavy atom. The molecule has 12 heteroatoms. The summed E-state index contributed by atoms with van der Waals surface area (Å²) in [4.78, 5) is 22.2. The molecule has 4 aromatic rings. The van der Waals surface area contributed by atoms with Gasteiger partial charge in [-0.15, -0.1) is 0 Å². The van der Waals surface area contributed by atoms with Crippen LogP contribution in [-0.2, 0) is 25.9 Å². The van der Waals surface area contributed by atoms with Crippen LogP contribution >= 0.6 is 0 Å². The third kappa shape index (κ3) is 11.8. The number of unbranched alkanes of at least 4 members (excludes halogenated alkanes) is 2. The maximum absolute atomic E-state index is 11.0. The normalized spacial score (nSPS) is 16.1. The summed E-state index contributed by atoms with van der Waals surface area (Å²) in [6.07, 6.45) is 16.1. The minimum absolute atomic E-state index is 0.288. The van der Waals surface area contributed by atoms with Crippen LogP contribution in [0.1, 0.15) is 111 Å². The summed E-state index contributed by atoms with van der Waals surface area (Å²) in [7, 11) is 1.70. The minimum atomic E-state index is -0.741. The number of aromatic nitrogens is 4. The third-order valence-electron chi connectivity index (χ3n) is 10.9. The molecule has 1 atom stereocenters. The molecule has 2 saturated heterocycles. The van der Waals surface area contributed by atoms with E-state index in [0.717, 1.165) is 78.9 Å². The molecule has 0 radical (unpaired) electrons. The first-order valence-electron chi connectivity index (χ1n) is 21.1. The van der Waals surface area contributed by atoms with Gasteiger partial charge in [0.2, 0.25) is 0 Å². The lowest BCUT2D eigenvalue weighted by atomic mass is 9.99. The van der Waals surface area contributed by atoms with Crippen LogP contribution in [-0.4, -0.2) is 81.3 Å². The molecule has 8 rings (SSSR count). The molecule has 0 spiro atoms. The van der Waals surface area contributed by atoms with E-state index in [9.17, 15) is 5.11 Å². The highest BCUT2D eigenvalue weighted by atomic mass is 16.5. The molecule has 310 valence electrons. The number of aliphatic hydroxyl groups is 1. The number of hydrogen-bond acceptors (Lipinski definition) is 12. The number of likely N-dealkylation sites (tertiary alicyclic amines) is 2. The summed E-state index contributed by atoms with van der Waals surface area (Å²) in [5, 5.41) is 11.0. The van der Waals surface area contributed by atoms with Gasteiger partial charge in [0.05, 0.1) is 31.7 Å². The van der Waals surface area contributed by atoms with E-state index in [4.69, 9.17) is 25.7 Å². The lowest BCUT2D eigenvalue weighted by Crippen LogP contribution is -2.18. The van der Waals surface area contributed by atoms with Gasteiger partial charge in [-0.2, -0.15) is 19.9 Å². The maximum Gasteiger partial charge on any atom is 0.318 e. The van der Waals surface area contributed by atoms with Crippen molar-refractivity contribution in [3.8, 4) is 17.8 Å². The number of aliphatic hydroxyl groups excluding tert-OH is 1. The van der Waals surface area contributed by atoms with Crippen LogP contribution in [0.25, 0.3) is 11.6 Å². The number of allylic oxidation sites excluding steroid dienone is 2. The van der Waals surface area contributed by atoms with Crippen molar-refractivity contribution in [2.45, 2.75) is 97.2 Å². The molecule has 0 saturated carbocycles. The van der Waals surface area contributed by atoms with Gasteiger partial charge < -0.3 is 30.8 Å². The van der Waals surface area contributed by atoms with E-state index in [2.05, 4.69) is 67.8 Å². The SMILES string of the molecule is CCCCOc1nc(N)c2c(n1)C(C(O)c1ccc(CN3CCCC3)cc1)=CC2.CCCCOc1nc(N)c2c(n1)C=CC2.COc1ccc(CN2CCCC2)cc1. The second-order valence-corrected chi connectivity index (χ2v) is 15.3. The van der Waals surface area contributed by atoms with Gasteiger partial charge in [0.15, 0.2) is 0 Å². The van der Waals surface area contributed by atoms with Crippen molar-refractivity contribution < 1.29 is 19.3 Å². The number of methoxy groups -OCH3 is 1. The average Bonchev–Trinajstić information content (AvgIpc) is 4.09. The van der Waals surface area contributed by atoms with Crippen molar-refractivity contribution in [2.75, 3.05) is 58.0 Å². The second kappa shape index (κ2) is 21.6. The summed E-state index contributed by atoms with van der Waals surface area (Å²) in [6, 6.07) is 17.3. The Hall–Kier alpha value is -5.04. The van der Waals surface area contributed by atoms with E-state index in [1.807, 2.05) is 42.5 Å². The smallest absolute Gasteiger partial charge is 0.318 e. The Balaban J connectivity index is 0.000000163. The largest absolute Gasteiger partial charge is 0.497 e.